The van der Waals surface area contributed by atoms with Gasteiger partial charge in [-0.2, -0.15) is 13.2 Å². The largest absolute Gasteiger partial charge is 0.417 e. The van der Waals surface area contributed by atoms with Crippen LogP contribution in [0, 0.1) is 5.41 Å². The van der Waals surface area contributed by atoms with Gasteiger partial charge in [0.25, 0.3) is 0 Å². The Kier molecular flexibility index (Phi) is 6.79. The Balaban J connectivity index is 0.00000264. The summed E-state index contributed by atoms with van der Waals surface area (Å²) in [4.78, 5) is 2.31. The summed E-state index contributed by atoms with van der Waals surface area (Å²) in [5.41, 5.74) is -0.0289. The molecule has 1 N–H and O–H groups in total. The van der Waals surface area contributed by atoms with Crippen LogP contribution in [0.2, 0.25) is 5.02 Å². The fraction of sp³-hybridized carbons (Fsp3) is 0.625. The average Bonchev–Trinajstić information content (AvgIpc) is 2.37. The Hall–Kier alpha value is -0.490. The first kappa shape index (κ1) is 20.6. The average molecular weight is 371 g/mol. The summed E-state index contributed by atoms with van der Waals surface area (Å²) >= 11 is 5.90. The van der Waals surface area contributed by atoms with E-state index in [1.807, 2.05) is 0 Å². The third kappa shape index (κ3) is 4.99. The fourth-order valence-corrected chi connectivity index (χ4v) is 3.43. The zero-order chi connectivity index (χ0) is 16.5. The van der Waals surface area contributed by atoms with Gasteiger partial charge in [-0.1, -0.05) is 38.4 Å². The molecular weight excluding hydrogens is 348 g/mol. The molecule has 1 aromatic rings. The third-order valence-electron chi connectivity index (χ3n) is 3.95. The second kappa shape index (κ2) is 7.60. The zero-order valence-corrected chi connectivity index (χ0v) is 15.1. The van der Waals surface area contributed by atoms with Gasteiger partial charge < -0.3 is 5.32 Å². The highest BCUT2D eigenvalue weighted by molar-refractivity contribution is 6.31. The molecule has 0 bridgehead atoms. The standard InChI is InChI=1S/C16H22ClF3N2.ClH/c1-15(2,3)14(22-8-6-21-7-9-22)11-4-5-12(13(17)10-11)16(18,19)20;/h4-5,10,14,21H,6-9H2,1-3H3;1H/t14-;/m0./s1. The minimum absolute atomic E-state index is 0. The molecule has 0 unspecified atom stereocenters. The molecule has 1 fully saturated rings. The molecule has 132 valence electrons. The second-order valence-electron chi connectivity index (χ2n) is 6.79. The lowest BCUT2D eigenvalue weighted by Crippen LogP contribution is -2.48. The van der Waals surface area contributed by atoms with Crippen LogP contribution in [0.4, 0.5) is 13.2 Å². The van der Waals surface area contributed by atoms with E-state index in [1.165, 1.54) is 6.07 Å². The molecule has 0 spiro atoms. The predicted octanol–water partition coefficient (Wildman–Crippen LogP) is 4.77. The summed E-state index contributed by atoms with van der Waals surface area (Å²) in [6.07, 6.45) is -4.41. The van der Waals surface area contributed by atoms with E-state index < -0.39 is 11.7 Å². The van der Waals surface area contributed by atoms with Gasteiger partial charge in [0.2, 0.25) is 0 Å². The Bertz CT molecular complexity index is 521. The molecule has 0 radical (unpaired) electrons. The van der Waals surface area contributed by atoms with Crippen molar-refractivity contribution in [3.63, 3.8) is 0 Å². The number of hydrogen-bond acceptors (Lipinski definition) is 2. The van der Waals surface area contributed by atoms with Crippen LogP contribution in [-0.4, -0.2) is 31.1 Å². The van der Waals surface area contributed by atoms with E-state index in [1.54, 1.807) is 6.07 Å². The van der Waals surface area contributed by atoms with Crippen molar-refractivity contribution in [3.05, 3.63) is 34.3 Å². The molecule has 2 nitrogen and oxygen atoms in total. The van der Waals surface area contributed by atoms with Gasteiger partial charge in [0.1, 0.15) is 0 Å². The van der Waals surface area contributed by atoms with Gasteiger partial charge in [-0.3, -0.25) is 4.90 Å². The quantitative estimate of drug-likeness (QED) is 0.806. The van der Waals surface area contributed by atoms with E-state index in [0.717, 1.165) is 37.8 Å². The predicted molar refractivity (Wildman–Crippen MR) is 90.3 cm³/mol. The van der Waals surface area contributed by atoms with Crippen LogP contribution in [0.1, 0.15) is 37.9 Å². The number of rotatable bonds is 2. The van der Waals surface area contributed by atoms with Crippen molar-refractivity contribution in [3.8, 4) is 0 Å². The number of piperazine rings is 1. The van der Waals surface area contributed by atoms with Crippen LogP contribution in [-0.2, 0) is 6.18 Å². The fourth-order valence-electron chi connectivity index (χ4n) is 3.13. The molecule has 1 heterocycles. The van der Waals surface area contributed by atoms with Crippen LogP contribution >= 0.6 is 24.0 Å². The maximum Gasteiger partial charge on any atom is 0.417 e. The summed E-state index contributed by atoms with van der Waals surface area (Å²) in [5, 5.41) is 3.07. The number of nitrogens with one attached hydrogen (secondary N) is 1. The normalized spacial score (nSPS) is 18.4. The first-order valence-corrected chi connectivity index (χ1v) is 7.80. The molecule has 1 aliphatic rings. The Morgan fingerprint density at radius 3 is 2.13 bits per heavy atom. The first-order chi connectivity index (χ1) is 10.1. The van der Waals surface area contributed by atoms with Crippen molar-refractivity contribution in [2.24, 2.45) is 5.41 Å². The molecule has 1 aliphatic heterocycles. The number of benzene rings is 1. The SMILES string of the molecule is CC(C)(C)[C@H](c1ccc(C(F)(F)F)c(Cl)c1)N1CCNCC1.Cl. The number of hydrogen-bond donors (Lipinski definition) is 1. The van der Waals surface area contributed by atoms with Gasteiger partial charge in [0, 0.05) is 32.2 Å². The molecular formula is C16H23Cl2F3N2. The first-order valence-electron chi connectivity index (χ1n) is 7.42. The van der Waals surface area contributed by atoms with E-state index in [0.29, 0.717) is 0 Å². The van der Waals surface area contributed by atoms with Crippen LogP contribution in [0.3, 0.4) is 0 Å². The molecule has 7 heteroatoms. The van der Waals surface area contributed by atoms with Gasteiger partial charge in [-0.05, 0) is 23.1 Å². The highest BCUT2D eigenvalue weighted by Gasteiger charge is 2.36. The number of halogens is 5. The van der Waals surface area contributed by atoms with Gasteiger partial charge in [0.15, 0.2) is 0 Å². The van der Waals surface area contributed by atoms with Crippen molar-refractivity contribution in [2.75, 3.05) is 26.2 Å². The molecule has 23 heavy (non-hydrogen) atoms. The highest BCUT2D eigenvalue weighted by Crippen LogP contribution is 2.41. The van der Waals surface area contributed by atoms with E-state index >= 15 is 0 Å². The Labute approximate surface area is 146 Å². The maximum atomic E-state index is 12.9. The smallest absolute Gasteiger partial charge is 0.314 e. The van der Waals surface area contributed by atoms with Gasteiger partial charge in [-0.25, -0.2) is 0 Å². The van der Waals surface area contributed by atoms with E-state index in [2.05, 4.69) is 31.0 Å². The van der Waals surface area contributed by atoms with Crippen LogP contribution in [0.25, 0.3) is 0 Å². The van der Waals surface area contributed by atoms with Crippen LogP contribution < -0.4 is 5.32 Å². The maximum absolute atomic E-state index is 12.9. The van der Waals surface area contributed by atoms with Gasteiger partial charge in [0.05, 0.1) is 10.6 Å². The second-order valence-corrected chi connectivity index (χ2v) is 7.20. The highest BCUT2D eigenvalue weighted by atomic mass is 35.5. The van der Waals surface area contributed by atoms with Crippen LogP contribution in [0.5, 0.6) is 0 Å². The van der Waals surface area contributed by atoms with Crippen LogP contribution in [0.15, 0.2) is 18.2 Å². The lowest BCUT2D eigenvalue weighted by molar-refractivity contribution is -0.137. The van der Waals surface area contributed by atoms with Gasteiger partial charge in [-0.15, -0.1) is 12.4 Å². The van der Waals surface area contributed by atoms with E-state index in [-0.39, 0.29) is 28.9 Å². The summed E-state index contributed by atoms with van der Waals surface area (Å²) in [6.45, 7) is 9.84. The number of alkyl halides is 3. The molecule has 1 atom stereocenters. The minimum Gasteiger partial charge on any atom is -0.314 e. The molecule has 0 aromatic heterocycles. The Morgan fingerprint density at radius 2 is 1.70 bits per heavy atom. The summed E-state index contributed by atoms with van der Waals surface area (Å²) in [7, 11) is 0. The molecule has 0 amide bonds. The third-order valence-corrected chi connectivity index (χ3v) is 4.26. The lowest BCUT2D eigenvalue weighted by Gasteiger charge is -2.42. The minimum atomic E-state index is -4.41. The monoisotopic (exact) mass is 370 g/mol. The van der Waals surface area contributed by atoms with E-state index in [4.69, 9.17) is 11.6 Å². The molecule has 0 aliphatic carbocycles. The number of nitrogens with zero attached hydrogens (tertiary/aromatic N) is 1. The zero-order valence-electron chi connectivity index (χ0n) is 13.5. The topological polar surface area (TPSA) is 15.3 Å². The summed E-state index contributed by atoms with van der Waals surface area (Å²) in [6, 6.07) is 4.17. The van der Waals surface area contributed by atoms with E-state index in [9.17, 15) is 13.2 Å². The van der Waals surface area contributed by atoms with Crippen molar-refractivity contribution < 1.29 is 13.2 Å². The Morgan fingerprint density at radius 1 is 1.13 bits per heavy atom. The molecule has 1 aromatic carbocycles. The van der Waals surface area contributed by atoms with Crippen molar-refractivity contribution in [2.45, 2.75) is 33.0 Å². The summed E-state index contributed by atoms with van der Waals surface area (Å²) in [5.74, 6) is 0. The molecule has 2 rings (SSSR count). The van der Waals surface area contributed by atoms with Gasteiger partial charge >= 0.3 is 6.18 Å². The van der Waals surface area contributed by atoms with Crippen molar-refractivity contribution in [1.82, 2.24) is 10.2 Å². The van der Waals surface area contributed by atoms with Crippen molar-refractivity contribution >= 4 is 24.0 Å². The lowest BCUT2D eigenvalue weighted by atomic mass is 9.80. The summed E-state index contributed by atoms with van der Waals surface area (Å²) < 4.78 is 38.6. The van der Waals surface area contributed by atoms with Crippen molar-refractivity contribution in [1.29, 1.82) is 0 Å². The molecule has 1 saturated heterocycles. The molecule has 0 saturated carbocycles.